The van der Waals surface area contributed by atoms with E-state index in [2.05, 4.69) is 12.2 Å². The fraction of sp³-hybridized carbons (Fsp3) is 0.611. The molecular formula is C18H30N2O3. The molecule has 0 aromatic heterocycles. The average Bonchev–Trinajstić information content (AvgIpc) is 2.55. The quantitative estimate of drug-likeness (QED) is 0.351. The van der Waals surface area contributed by atoms with Crippen molar-refractivity contribution >= 4 is 11.5 Å². The highest BCUT2D eigenvalue weighted by molar-refractivity contribution is 6.00. The molecule has 23 heavy (non-hydrogen) atoms. The fourth-order valence-electron chi connectivity index (χ4n) is 2.17. The number of hydrogen-bond donors (Lipinski definition) is 2. The molecule has 0 spiro atoms. The Bertz CT molecular complexity index is 477. The number of carbonyl (C=O) groups is 1. The fourth-order valence-corrected chi connectivity index (χ4v) is 2.17. The van der Waals surface area contributed by atoms with Crippen LogP contribution in [0.15, 0.2) is 18.2 Å². The van der Waals surface area contributed by atoms with Gasteiger partial charge in [0.05, 0.1) is 18.3 Å². The van der Waals surface area contributed by atoms with Gasteiger partial charge in [-0.05, 0) is 51.4 Å². The lowest BCUT2D eigenvalue weighted by atomic mass is 10.0. The molecule has 0 bridgehead atoms. The first-order chi connectivity index (χ1) is 11.1. The van der Waals surface area contributed by atoms with Gasteiger partial charge in [0.15, 0.2) is 5.78 Å². The molecule has 0 radical (unpaired) electrons. The Kier molecular flexibility index (Phi) is 9.33. The lowest BCUT2D eigenvalue weighted by molar-refractivity contribution is 0.0944. The summed E-state index contributed by atoms with van der Waals surface area (Å²) in [5.41, 5.74) is 7.01. The van der Waals surface area contributed by atoms with E-state index in [-0.39, 0.29) is 11.8 Å². The van der Waals surface area contributed by atoms with E-state index in [1.165, 1.54) is 0 Å². The predicted octanol–water partition coefficient (Wildman–Crippen LogP) is 3.04. The predicted molar refractivity (Wildman–Crippen MR) is 94.2 cm³/mol. The van der Waals surface area contributed by atoms with Gasteiger partial charge in [-0.25, -0.2) is 0 Å². The van der Waals surface area contributed by atoms with E-state index in [0.717, 1.165) is 39.0 Å². The molecule has 5 heteroatoms. The van der Waals surface area contributed by atoms with E-state index in [4.69, 9.17) is 15.2 Å². The number of carbonyl (C=O) groups excluding carboxylic acids is 1. The number of nitrogens with two attached hydrogens (primary N) is 1. The molecular weight excluding hydrogens is 292 g/mol. The van der Waals surface area contributed by atoms with Gasteiger partial charge in [0.2, 0.25) is 0 Å². The van der Waals surface area contributed by atoms with Crippen LogP contribution in [-0.2, 0) is 4.74 Å². The van der Waals surface area contributed by atoms with Gasteiger partial charge in [-0.1, -0.05) is 13.3 Å². The van der Waals surface area contributed by atoms with Crippen LogP contribution in [0.5, 0.6) is 5.75 Å². The second kappa shape index (κ2) is 11.0. The second-order valence-electron chi connectivity index (χ2n) is 5.55. The van der Waals surface area contributed by atoms with Crippen LogP contribution in [0.2, 0.25) is 0 Å². The molecule has 0 amide bonds. The van der Waals surface area contributed by atoms with E-state index in [1.54, 1.807) is 18.2 Å². The highest BCUT2D eigenvalue weighted by Gasteiger charge is 2.15. The highest BCUT2D eigenvalue weighted by atomic mass is 16.5. The zero-order valence-corrected chi connectivity index (χ0v) is 14.6. The van der Waals surface area contributed by atoms with E-state index in [9.17, 15) is 4.79 Å². The van der Waals surface area contributed by atoms with Crippen LogP contribution in [0.4, 0.5) is 5.69 Å². The van der Waals surface area contributed by atoms with Crippen molar-refractivity contribution in [2.24, 2.45) is 0 Å². The van der Waals surface area contributed by atoms with Crippen LogP contribution in [-0.4, -0.2) is 38.2 Å². The molecule has 1 aromatic rings. The van der Waals surface area contributed by atoms with Crippen molar-refractivity contribution in [3.63, 3.8) is 0 Å². The van der Waals surface area contributed by atoms with Crippen molar-refractivity contribution < 1.29 is 14.3 Å². The third-order valence-corrected chi connectivity index (χ3v) is 3.55. The van der Waals surface area contributed by atoms with Gasteiger partial charge in [-0.15, -0.1) is 0 Å². The Balaban J connectivity index is 2.37. The van der Waals surface area contributed by atoms with E-state index >= 15 is 0 Å². The van der Waals surface area contributed by atoms with Crippen molar-refractivity contribution in [2.45, 2.75) is 46.1 Å². The monoisotopic (exact) mass is 322 g/mol. The number of ketones is 1. The van der Waals surface area contributed by atoms with Crippen LogP contribution in [0, 0.1) is 0 Å². The molecule has 0 saturated heterocycles. The molecule has 0 aliphatic carbocycles. The molecule has 0 aliphatic rings. The SMILES string of the molecule is CCCCOCCCNC(C)C(=O)c1ccc(OCC)c(N)c1. The first-order valence-corrected chi connectivity index (χ1v) is 8.47. The Morgan fingerprint density at radius 1 is 1.26 bits per heavy atom. The summed E-state index contributed by atoms with van der Waals surface area (Å²) in [5.74, 6) is 0.653. The number of hydrogen-bond acceptors (Lipinski definition) is 5. The minimum Gasteiger partial charge on any atom is -0.492 e. The Hall–Kier alpha value is -1.59. The van der Waals surface area contributed by atoms with E-state index in [0.29, 0.717) is 23.6 Å². The summed E-state index contributed by atoms with van der Waals surface area (Å²) in [7, 11) is 0. The van der Waals surface area contributed by atoms with Gasteiger partial charge in [0, 0.05) is 18.8 Å². The van der Waals surface area contributed by atoms with Crippen LogP contribution >= 0.6 is 0 Å². The Morgan fingerprint density at radius 3 is 2.65 bits per heavy atom. The first kappa shape index (κ1) is 19.5. The molecule has 130 valence electrons. The number of unbranched alkanes of at least 4 members (excludes halogenated alkanes) is 1. The Morgan fingerprint density at radius 2 is 2.00 bits per heavy atom. The lowest BCUT2D eigenvalue weighted by Crippen LogP contribution is -2.35. The van der Waals surface area contributed by atoms with Crippen molar-refractivity contribution in [2.75, 3.05) is 32.1 Å². The topological polar surface area (TPSA) is 73.6 Å². The second-order valence-corrected chi connectivity index (χ2v) is 5.55. The van der Waals surface area contributed by atoms with E-state index < -0.39 is 0 Å². The van der Waals surface area contributed by atoms with Gasteiger partial charge >= 0.3 is 0 Å². The van der Waals surface area contributed by atoms with Gasteiger partial charge in [0.25, 0.3) is 0 Å². The summed E-state index contributed by atoms with van der Waals surface area (Å²) in [6.07, 6.45) is 3.14. The number of ether oxygens (including phenoxy) is 2. The number of nitrogens with one attached hydrogen (secondary N) is 1. The third-order valence-electron chi connectivity index (χ3n) is 3.55. The number of anilines is 1. The van der Waals surface area contributed by atoms with Crippen LogP contribution in [0.1, 0.15) is 50.4 Å². The van der Waals surface area contributed by atoms with Crippen LogP contribution < -0.4 is 15.8 Å². The van der Waals surface area contributed by atoms with Crippen molar-refractivity contribution in [1.82, 2.24) is 5.32 Å². The molecule has 0 aliphatic heterocycles. The van der Waals surface area contributed by atoms with E-state index in [1.807, 2.05) is 13.8 Å². The number of Topliss-reactive ketones (excluding diaryl/α,β-unsaturated/α-hetero) is 1. The molecule has 0 fully saturated rings. The van der Waals surface area contributed by atoms with Crippen LogP contribution in [0.25, 0.3) is 0 Å². The largest absolute Gasteiger partial charge is 0.492 e. The zero-order chi connectivity index (χ0) is 17.1. The molecule has 0 saturated carbocycles. The third kappa shape index (κ3) is 7.01. The Labute approximate surface area is 139 Å². The highest BCUT2D eigenvalue weighted by Crippen LogP contribution is 2.23. The summed E-state index contributed by atoms with van der Waals surface area (Å²) in [5, 5.41) is 3.23. The number of rotatable bonds is 12. The molecule has 1 unspecified atom stereocenters. The summed E-state index contributed by atoms with van der Waals surface area (Å²) in [6.45, 7) is 8.76. The first-order valence-electron chi connectivity index (χ1n) is 8.47. The standard InChI is InChI=1S/C18H30N2O3/c1-4-6-11-22-12-7-10-20-14(3)18(21)15-8-9-17(23-5-2)16(19)13-15/h8-9,13-14,20H,4-7,10-12,19H2,1-3H3. The smallest absolute Gasteiger partial charge is 0.179 e. The maximum atomic E-state index is 12.4. The maximum absolute atomic E-state index is 12.4. The van der Waals surface area contributed by atoms with Gasteiger partial charge < -0.3 is 20.5 Å². The normalized spacial score (nSPS) is 12.1. The minimum absolute atomic E-state index is 0.0339. The summed E-state index contributed by atoms with van der Waals surface area (Å²) >= 11 is 0. The molecule has 1 rings (SSSR count). The summed E-state index contributed by atoms with van der Waals surface area (Å²) in [4.78, 5) is 12.4. The van der Waals surface area contributed by atoms with Gasteiger partial charge in [-0.2, -0.15) is 0 Å². The molecule has 0 heterocycles. The molecule has 1 atom stereocenters. The maximum Gasteiger partial charge on any atom is 0.179 e. The minimum atomic E-state index is -0.247. The average molecular weight is 322 g/mol. The van der Waals surface area contributed by atoms with Crippen molar-refractivity contribution in [3.8, 4) is 5.75 Å². The van der Waals surface area contributed by atoms with Crippen LogP contribution in [0.3, 0.4) is 0 Å². The molecule has 3 N–H and O–H groups in total. The van der Waals surface area contributed by atoms with Crippen molar-refractivity contribution in [3.05, 3.63) is 23.8 Å². The van der Waals surface area contributed by atoms with Crippen molar-refractivity contribution in [1.29, 1.82) is 0 Å². The summed E-state index contributed by atoms with van der Waals surface area (Å²) in [6, 6.07) is 4.94. The zero-order valence-electron chi connectivity index (χ0n) is 14.6. The number of nitrogen functional groups attached to an aromatic ring is 1. The molecule has 1 aromatic carbocycles. The molecule has 5 nitrogen and oxygen atoms in total. The lowest BCUT2D eigenvalue weighted by Gasteiger charge is -2.14. The number of benzene rings is 1. The van der Waals surface area contributed by atoms with Gasteiger partial charge in [-0.3, -0.25) is 4.79 Å². The summed E-state index contributed by atoms with van der Waals surface area (Å²) < 4.78 is 10.9. The van der Waals surface area contributed by atoms with Gasteiger partial charge in [0.1, 0.15) is 5.75 Å².